The molecular formula is C20H24N4O10. The average molecular weight is 480 g/mol. The van der Waals surface area contributed by atoms with E-state index in [0.29, 0.717) is 35.8 Å². The van der Waals surface area contributed by atoms with Crippen molar-refractivity contribution in [1.29, 1.82) is 0 Å². The molecule has 14 heteroatoms. The Bertz CT molecular complexity index is 892. The van der Waals surface area contributed by atoms with Gasteiger partial charge in [0.2, 0.25) is 11.8 Å². The molecule has 0 aromatic carbocycles. The zero-order valence-corrected chi connectivity index (χ0v) is 18.2. The maximum Gasteiger partial charge on any atom is 0.352 e. The maximum atomic E-state index is 12.3. The molecule has 2 N–H and O–H groups in total. The third-order valence-electron chi connectivity index (χ3n) is 5.67. The summed E-state index contributed by atoms with van der Waals surface area (Å²) < 4.78 is 0. The molecule has 0 aromatic heterocycles. The molecule has 0 atom stereocenters. The van der Waals surface area contributed by atoms with Crippen molar-refractivity contribution < 1.29 is 48.0 Å². The second-order valence-electron chi connectivity index (χ2n) is 8.08. The summed E-state index contributed by atoms with van der Waals surface area (Å²) in [7, 11) is 0. The van der Waals surface area contributed by atoms with E-state index in [1.807, 2.05) is 0 Å². The molecular weight excluding hydrogens is 456 g/mol. The molecule has 2 aliphatic heterocycles. The smallest absolute Gasteiger partial charge is 0.347 e. The lowest BCUT2D eigenvalue weighted by atomic mass is 9.81. The first-order chi connectivity index (χ1) is 16.2. The lowest BCUT2D eigenvalue weighted by Crippen LogP contribution is -2.43. The Kier molecular flexibility index (Phi) is 7.91. The minimum atomic E-state index is -1.01. The van der Waals surface area contributed by atoms with E-state index in [-0.39, 0.29) is 25.7 Å². The molecule has 0 spiro atoms. The van der Waals surface area contributed by atoms with Crippen molar-refractivity contribution in [1.82, 2.24) is 20.8 Å². The van der Waals surface area contributed by atoms with Gasteiger partial charge < -0.3 is 20.3 Å². The third kappa shape index (κ3) is 6.14. The zero-order chi connectivity index (χ0) is 24.8. The highest BCUT2D eigenvalue weighted by Crippen LogP contribution is 2.30. The van der Waals surface area contributed by atoms with Crippen LogP contribution in [0.25, 0.3) is 0 Å². The Labute approximate surface area is 193 Å². The van der Waals surface area contributed by atoms with Gasteiger partial charge in [0.25, 0.3) is 23.6 Å². The van der Waals surface area contributed by atoms with Crippen molar-refractivity contribution in [2.75, 3.05) is 13.1 Å². The summed E-state index contributed by atoms with van der Waals surface area (Å²) in [6, 6.07) is 0. The van der Waals surface area contributed by atoms with Gasteiger partial charge in [0.05, 0.1) is 12.5 Å². The van der Waals surface area contributed by atoms with E-state index < -0.39 is 72.3 Å². The number of hydrogen-bond acceptors (Lipinski definition) is 10. The summed E-state index contributed by atoms with van der Waals surface area (Å²) in [5.74, 6) is -6.16. The van der Waals surface area contributed by atoms with Gasteiger partial charge in [0.15, 0.2) is 0 Å². The fourth-order valence-corrected chi connectivity index (χ4v) is 3.75. The van der Waals surface area contributed by atoms with Crippen LogP contribution in [0, 0.1) is 11.8 Å². The summed E-state index contributed by atoms with van der Waals surface area (Å²) in [5, 5.41) is 5.51. The van der Waals surface area contributed by atoms with Crippen molar-refractivity contribution in [2.24, 2.45) is 11.8 Å². The van der Waals surface area contributed by atoms with Crippen LogP contribution in [-0.4, -0.2) is 70.6 Å². The number of hydrogen-bond donors (Lipinski definition) is 2. The standard InChI is InChI=1S/C20H24N4O10/c25-13(21-10-18(30)33-23-14(26)5-6-15(23)27)9-22-19(31)11-1-3-12(4-2-11)20(32)34-24-16(28)7-8-17(24)29/h11-12H,1-10H2,(H,21,25)(H,22,31). The molecule has 3 aliphatic rings. The van der Waals surface area contributed by atoms with Crippen molar-refractivity contribution >= 4 is 47.4 Å². The first-order valence-corrected chi connectivity index (χ1v) is 10.8. The summed E-state index contributed by atoms with van der Waals surface area (Å²) in [4.78, 5) is 103. The molecule has 0 bridgehead atoms. The summed E-state index contributed by atoms with van der Waals surface area (Å²) in [5.41, 5.74) is 0. The highest BCUT2D eigenvalue weighted by molar-refractivity contribution is 6.02. The van der Waals surface area contributed by atoms with Crippen molar-refractivity contribution in [3.8, 4) is 0 Å². The highest BCUT2D eigenvalue weighted by atomic mass is 16.7. The number of imide groups is 2. The number of rotatable bonds is 8. The van der Waals surface area contributed by atoms with E-state index in [1.165, 1.54) is 0 Å². The first-order valence-electron chi connectivity index (χ1n) is 10.8. The number of carbonyl (C=O) groups is 8. The average Bonchev–Trinajstić information content (AvgIpc) is 3.31. The second kappa shape index (κ2) is 10.9. The number of carbonyl (C=O) groups excluding carboxylic acids is 8. The lowest BCUT2D eigenvalue weighted by molar-refractivity contribution is -0.201. The molecule has 184 valence electrons. The minimum absolute atomic E-state index is 0.00554. The van der Waals surface area contributed by atoms with Crippen LogP contribution >= 0.6 is 0 Å². The molecule has 0 radical (unpaired) electrons. The third-order valence-corrected chi connectivity index (χ3v) is 5.67. The molecule has 0 aromatic rings. The normalized spacial score (nSPS) is 22.6. The van der Waals surface area contributed by atoms with Crippen LogP contribution in [0.1, 0.15) is 51.4 Å². The fourth-order valence-electron chi connectivity index (χ4n) is 3.75. The topological polar surface area (TPSA) is 186 Å². The van der Waals surface area contributed by atoms with E-state index in [2.05, 4.69) is 15.5 Å². The van der Waals surface area contributed by atoms with Crippen LogP contribution in [0.4, 0.5) is 0 Å². The van der Waals surface area contributed by atoms with Crippen LogP contribution in [0.5, 0.6) is 0 Å². The van der Waals surface area contributed by atoms with E-state index in [9.17, 15) is 38.4 Å². The van der Waals surface area contributed by atoms with Gasteiger partial charge >= 0.3 is 11.9 Å². The van der Waals surface area contributed by atoms with Gasteiger partial charge in [-0.05, 0) is 25.7 Å². The summed E-state index contributed by atoms with van der Waals surface area (Å²) >= 11 is 0. The van der Waals surface area contributed by atoms with Gasteiger partial charge in [0, 0.05) is 31.6 Å². The van der Waals surface area contributed by atoms with Crippen LogP contribution in [-0.2, 0) is 48.0 Å². The molecule has 34 heavy (non-hydrogen) atoms. The van der Waals surface area contributed by atoms with E-state index in [0.717, 1.165) is 0 Å². The van der Waals surface area contributed by atoms with E-state index in [4.69, 9.17) is 4.84 Å². The highest BCUT2D eigenvalue weighted by Gasteiger charge is 2.37. The van der Waals surface area contributed by atoms with Crippen molar-refractivity contribution in [2.45, 2.75) is 51.4 Å². The van der Waals surface area contributed by atoms with Crippen LogP contribution < -0.4 is 10.6 Å². The Hall–Kier alpha value is -3.84. The number of nitrogens with one attached hydrogen (secondary N) is 2. The maximum absolute atomic E-state index is 12.3. The van der Waals surface area contributed by atoms with Gasteiger partial charge in [-0.25, -0.2) is 9.59 Å². The monoisotopic (exact) mass is 480 g/mol. The fraction of sp³-hybridized carbons (Fsp3) is 0.600. The first kappa shape index (κ1) is 24.8. The van der Waals surface area contributed by atoms with Crippen LogP contribution in [0.2, 0.25) is 0 Å². The van der Waals surface area contributed by atoms with Crippen LogP contribution in [0.3, 0.4) is 0 Å². The Balaban J connectivity index is 1.32. The molecule has 0 unspecified atom stereocenters. The largest absolute Gasteiger partial charge is 0.352 e. The van der Waals surface area contributed by atoms with Gasteiger partial charge in [-0.3, -0.25) is 28.8 Å². The Morgan fingerprint density at radius 3 is 1.68 bits per heavy atom. The van der Waals surface area contributed by atoms with Crippen molar-refractivity contribution in [3.05, 3.63) is 0 Å². The van der Waals surface area contributed by atoms with Crippen molar-refractivity contribution in [3.63, 3.8) is 0 Å². The van der Waals surface area contributed by atoms with E-state index in [1.54, 1.807) is 0 Å². The number of hydroxylamine groups is 4. The lowest BCUT2D eigenvalue weighted by Gasteiger charge is -2.27. The van der Waals surface area contributed by atoms with Gasteiger partial charge in [0.1, 0.15) is 6.54 Å². The minimum Gasteiger partial charge on any atom is -0.347 e. The number of amides is 6. The molecule has 1 saturated carbocycles. The predicted octanol–water partition coefficient (Wildman–Crippen LogP) is -1.76. The molecule has 3 fully saturated rings. The SMILES string of the molecule is O=C(CNC(=O)C1CCC(C(=O)ON2C(=O)CCC2=O)CC1)NCC(=O)ON1C(=O)CCC1=O. The molecule has 2 saturated heterocycles. The molecule has 1 aliphatic carbocycles. The van der Waals surface area contributed by atoms with E-state index >= 15 is 0 Å². The molecule has 2 heterocycles. The predicted molar refractivity (Wildman–Crippen MR) is 106 cm³/mol. The summed E-state index contributed by atoms with van der Waals surface area (Å²) in [6.45, 7) is -1.00. The zero-order valence-electron chi connectivity index (χ0n) is 18.2. The Morgan fingerprint density at radius 2 is 1.15 bits per heavy atom. The second-order valence-corrected chi connectivity index (χ2v) is 8.08. The van der Waals surface area contributed by atoms with Gasteiger partial charge in [-0.2, -0.15) is 0 Å². The molecule has 6 amide bonds. The quantitative estimate of drug-likeness (QED) is 0.377. The van der Waals surface area contributed by atoms with Gasteiger partial charge in [-0.1, -0.05) is 0 Å². The number of nitrogens with zero attached hydrogens (tertiary/aromatic N) is 2. The molecule has 14 nitrogen and oxygen atoms in total. The molecule has 3 rings (SSSR count). The summed E-state index contributed by atoms with van der Waals surface area (Å²) in [6.07, 6.45) is 1.24. The van der Waals surface area contributed by atoms with Crippen LogP contribution in [0.15, 0.2) is 0 Å². The van der Waals surface area contributed by atoms with Gasteiger partial charge in [-0.15, -0.1) is 10.1 Å². The Morgan fingerprint density at radius 1 is 0.676 bits per heavy atom.